The third kappa shape index (κ3) is 50.6. The molecule has 0 aliphatic rings. The summed E-state index contributed by atoms with van der Waals surface area (Å²) in [6, 6.07) is 4.04. The van der Waals surface area contributed by atoms with E-state index in [-0.39, 0.29) is 0 Å². The van der Waals surface area contributed by atoms with Gasteiger partial charge in [-0.15, -0.1) is 0 Å². The minimum absolute atomic E-state index is 1.71. The Hall–Kier alpha value is -0.410. The number of rotatable bonds is 0. The Balaban J connectivity index is 0. The van der Waals surface area contributed by atoms with Gasteiger partial charge in [0.15, 0.2) is 0 Å². The zero-order valence-electron chi connectivity index (χ0n) is 6.56. The van der Waals surface area contributed by atoms with E-state index in [9.17, 15) is 0 Å². The molecule has 0 saturated heterocycles. The molecule has 1 aromatic rings. The first kappa shape index (κ1) is 15.1. The predicted octanol–water partition coefficient (Wildman–Crippen LogP) is -2.36. The van der Waals surface area contributed by atoms with Crippen LogP contribution in [-0.2, 0) is 0 Å². The van der Waals surface area contributed by atoms with Crippen molar-refractivity contribution in [2.24, 2.45) is 0 Å². The van der Waals surface area contributed by atoms with Crippen molar-refractivity contribution in [2.45, 2.75) is 0 Å². The Kier molecular flexibility index (Phi) is 13.4. The van der Waals surface area contributed by atoms with Crippen molar-refractivity contribution in [1.29, 1.82) is 0 Å². The molecule has 0 aliphatic heterocycles. The predicted molar refractivity (Wildman–Crippen MR) is 49.1 cm³/mol. The largest absolute Gasteiger partial charge is 0.631 e. The second kappa shape index (κ2) is 11.6. The maximum atomic E-state index is 7.17. The molecule has 0 spiro atoms. The van der Waals surface area contributed by atoms with Crippen molar-refractivity contribution in [1.82, 2.24) is 0 Å². The molecule has 0 radical (unpaired) electrons. The molecule has 6 N–H and O–H groups in total. The topological polar surface area (TPSA) is 121 Å². The first-order valence-corrected chi connectivity index (χ1v) is 3.96. The molecule has 1 aromatic heterocycles. The molecular formula is C4H10B2O6S. The average molecular weight is 208 g/mol. The molecular weight excluding hydrogens is 198 g/mol. The van der Waals surface area contributed by atoms with Crippen LogP contribution in [-0.4, -0.2) is 44.8 Å². The summed E-state index contributed by atoms with van der Waals surface area (Å²) in [5.74, 6) is 0. The van der Waals surface area contributed by atoms with Crippen LogP contribution in [0.2, 0.25) is 0 Å². The highest BCUT2D eigenvalue weighted by Gasteiger charge is 1.93. The lowest BCUT2D eigenvalue weighted by atomic mass is 10.3. The molecule has 74 valence electrons. The van der Waals surface area contributed by atoms with E-state index in [4.69, 9.17) is 30.1 Å². The minimum Gasteiger partial charge on any atom is -0.402 e. The van der Waals surface area contributed by atoms with Gasteiger partial charge in [-0.05, 0) is 10.8 Å². The van der Waals surface area contributed by atoms with Crippen molar-refractivity contribution >= 4 is 26.0 Å². The van der Waals surface area contributed by atoms with Crippen molar-refractivity contribution in [2.75, 3.05) is 0 Å². The Labute approximate surface area is 79.7 Å². The van der Waals surface area contributed by atoms with Crippen molar-refractivity contribution in [3.05, 3.63) is 22.9 Å². The molecule has 0 amide bonds. The van der Waals surface area contributed by atoms with Gasteiger partial charge < -0.3 is 30.1 Å². The highest BCUT2D eigenvalue weighted by atomic mass is 32.1. The maximum Gasteiger partial charge on any atom is 0.631 e. The van der Waals surface area contributed by atoms with Crippen LogP contribution in [0.5, 0.6) is 0 Å². The van der Waals surface area contributed by atoms with Gasteiger partial charge in [0.25, 0.3) is 0 Å². The van der Waals surface area contributed by atoms with Crippen LogP contribution in [0.3, 0.4) is 0 Å². The highest BCUT2D eigenvalue weighted by Crippen LogP contribution is 1.91. The van der Waals surface area contributed by atoms with E-state index in [1.54, 1.807) is 11.3 Å². The molecule has 0 aromatic carbocycles. The van der Waals surface area contributed by atoms with Gasteiger partial charge in [0, 0.05) is 0 Å². The Morgan fingerprint density at radius 1 is 0.692 bits per heavy atom. The van der Waals surface area contributed by atoms with E-state index in [0.29, 0.717) is 0 Å². The number of hydrogen-bond acceptors (Lipinski definition) is 7. The minimum atomic E-state index is -2.17. The first-order valence-electron chi connectivity index (χ1n) is 3.02. The summed E-state index contributed by atoms with van der Waals surface area (Å²) in [6.45, 7) is 0. The van der Waals surface area contributed by atoms with Crippen LogP contribution >= 0.6 is 11.3 Å². The molecule has 13 heavy (non-hydrogen) atoms. The summed E-state index contributed by atoms with van der Waals surface area (Å²) in [4.78, 5) is 0. The smallest absolute Gasteiger partial charge is 0.402 e. The summed E-state index contributed by atoms with van der Waals surface area (Å²) < 4.78 is 0. The fourth-order valence-corrected chi connectivity index (χ4v) is 0.680. The van der Waals surface area contributed by atoms with Gasteiger partial charge in [-0.2, -0.15) is 11.3 Å². The molecule has 0 bridgehead atoms. The summed E-state index contributed by atoms with van der Waals surface area (Å²) in [5, 5.41) is 47.1. The lowest BCUT2D eigenvalue weighted by molar-refractivity contribution is 0.276. The van der Waals surface area contributed by atoms with Crippen molar-refractivity contribution in [3.63, 3.8) is 0 Å². The third-order valence-electron chi connectivity index (χ3n) is 0.425. The highest BCUT2D eigenvalue weighted by molar-refractivity contribution is 7.07. The van der Waals surface area contributed by atoms with Crippen LogP contribution in [0.15, 0.2) is 22.9 Å². The summed E-state index contributed by atoms with van der Waals surface area (Å²) >= 11 is 1.71. The molecule has 1 heterocycles. The van der Waals surface area contributed by atoms with Gasteiger partial charge >= 0.3 is 14.6 Å². The van der Waals surface area contributed by atoms with Crippen LogP contribution in [0, 0.1) is 0 Å². The second-order valence-corrected chi connectivity index (χ2v) is 2.30. The lowest BCUT2D eigenvalue weighted by Gasteiger charge is -1.69. The molecule has 0 atom stereocenters. The SMILES string of the molecule is OB(O)O.OB(O)O.c1ccsc1. The van der Waals surface area contributed by atoms with E-state index in [2.05, 4.69) is 0 Å². The molecule has 6 nitrogen and oxygen atoms in total. The van der Waals surface area contributed by atoms with Gasteiger partial charge in [0.05, 0.1) is 0 Å². The average Bonchev–Trinajstić information content (AvgIpc) is 2.35. The van der Waals surface area contributed by atoms with Gasteiger partial charge in [-0.1, -0.05) is 12.1 Å². The standard InChI is InChI=1S/C4H4S.2BH3O3/c1-2-4-5-3-1;2*2-1(3)4/h1-4H;2*2-4H. The van der Waals surface area contributed by atoms with Gasteiger partial charge in [0.2, 0.25) is 0 Å². The monoisotopic (exact) mass is 208 g/mol. The molecule has 0 saturated carbocycles. The van der Waals surface area contributed by atoms with Crippen LogP contribution in [0.1, 0.15) is 0 Å². The molecule has 0 fully saturated rings. The fourth-order valence-electron chi connectivity index (χ4n) is 0.227. The quantitative estimate of drug-likeness (QED) is 0.265. The van der Waals surface area contributed by atoms with Crippen LogP contribution in [0.4, 0.5) is 0 Å². The summed E-state index contributed by atoms with van der Waals surface area (Å²) in [5.41, 5.74) is 0. The Bertz CT molecular complexity index is 129. The fraction of sp³-hybridized carbons (Fsp3) is 0. The maximum absolute atomic E-state index is 7.17. The van der Waals surface area contributed by atoms with E-state index < -0.39 is 14.6 Å². The third-order valence-corrected chi connectivity index (χ3v) is 1.05. The first-order chi connectivity index (χ1) is 5.96. The zero-order valence-corrected chi connectivity index (χ0v) is 7.37. The molecule has 0 unspecified atom stereocenters. The molecule has 9 heteroatoms. The van der Waals surface area contributed by atoms with E-state index >= 15 is 0 Å². The normalized spacial score (nSPS) is 7.23. The number of hydrogen-bond donors (Lipinski definition) is 6. The molecule has 1 rings (SSSR count). The molecule has 0 aliphatic carbocycles. The van der Waals surface area contributed by atoms with E-state index in [1.807, 2.05) is 22.9 Å². The second-order valence-electron chi connectivity index (χ2n) is 1.49. The van der Waals surface area contributed by atoms with Gasteiger partial charge in [-0.25, -0.2) is 0 Å². The van der Waals surface area contributed by atoms with Gasteiger partial charge in [-0.3, -0.25) is 0 Å². The van der Waals surface area contributed by atoms with Crippen LogP contribution < -0.4 is 0 Å². The van der Waals surface area contributed by atoms with Crippen LogP contribution in [0.25, 0.3) is 0 Å². The van der Waals surface area contributed by atoms with Crippen molar-refractivity contribution in [3.8, 4) is 0 Å². The number of thiophene rings is 1. The lowest BCUT2D eigenvalue weighted by Crippen LogP contribution is -2.07. The van der Waals surface area contributed by atoms with E-state index in [0.717, 1.165) is 0 Å². The van der Waals surface area contributed by atoms with Gasteiger partial charge in [0.1, 0.15) is 0 Å². The summed E-state index contributed by atoms with van der Waals surface area (Å²) in [7, 11) is -4.33. The van der Waals surface area contributed by atoms with Crippen molar-refractivity contribution < 1.29 is 30.1 Å². The van der Waals surface area contributed by atoms with E-state index in [1.165, 1.54) is 0 Å². The zero-order chi connectivity index (χ0) is 10.7. The summed E-state index contributed by atoms with van der Waals surface area (Å²) in [6.07, 6.45) is 0. The Morgan fingerprint density at radius 3 is 1.00 bits per heavy atom. The Morgan fingerprint density at radius 2 is 0.923 bits per heavy atom.